The maximum Gasteiger partial charge on any atom is 0.161 e. The Hall–Kier alpha value is -1.03. The number of benzene rings is 1. The van der Waals surface area contributed by atoms with Crippen molar-refractivity contribution in [2.24, 2.45) is 0 Å². The van der Waals surface area contributed by atoms with Crippen molar-refractivity contribution in [3.63, 3.8) is 0 Å². The highest BCUT2D eigenvalue weighted by molar-refractivity contribution is 9.09. The number of aryl methyl sites for hydroxylation is 1. The smallest absolute Gasteiger partial charge is 0.161 e. The molecule has 2 rings (SSSR count). The number of ether oxygens (including phenoxy) is 2. The van der Waals surface area contributed by atoms with Crippen molar-refractivity contribution in [2.75, 3.05) is 19.5 Å². The second-order valence-electron chi connectivity index (χ2n) is 6.12. The van der Waals surface area contributed by atoms with Gasteiger partial charge >= 0.3 is 0 Å². The van der Waals surface area contributed by atoms with Crippen LogP contribution in [0.1, 0.15) is 50.2 Å². The molecule has 0 spiro atoms. The standard InChI is InChI=1S/C18H25BrO3/c1-18(9-5-4-6-10-19)14-12-16(22-3)15(21-2)11-13(14)7-8-17(18)20/h11-12H,4-10H2,1-3H3. The van der Waals surface area contributed by atoms with E-state index in [0.717, 1.165) is 48.7 Å². The minimum absolute atomic E-state index is 0.353. The zero-order valence-electron chi connectivity index (χ0n) is 13.7. The molecular formula is C18H25BrO3. The Kier molecular flexibility index (Phi) is 5.90. The Morgan fingerprint density at radius 1 is 1.09 bits per heavy atom. The number of hydrogen-bond acceptors (Lipinski definition) is 3. The number of fused-ring (bicyclic) bond motifs is 1. The topological polar surface area (TPSA) is 35.5 Å². The molecule has 0 saturated carbocycles. The first-order valence-corrected chi connectivity index (χ1v) is 9.03. The lowest BCUT2D eigenvalue weighted by atomic mass is 9.67. The molecule has 0 aromatic heterocycles. The maximum atomic E-state index is 12.6. The average Bonchev–Trinajstić information content (AvgIpc) is 2.54. The lowest BCUT2D eigenvalue weighted by Gasteiger charge is -2.35. The van der Waals surface area contributed by atoms with Crippen molar-refractivity contribution in [2.45, 2.75) is 50.9 Å². The van der Waals surface area contributed by atoms with Crippen molar-refractivity contribution in [1.82, 2.24) is 0 Å². The van der Waals surface area contributed by atoms with E-state index in [1.165, 1.54) is 5.56 Å². The SMILES string of the molecule is COc1cc2c(cc1OC)C(C)(CCCCCBr)C(=O)CC2. The third-order valence-electron chi connectivity index (χ3n) is 4.75. The molecule has 0 N–H and O–H groups in total. The Morgan fingerprint density at radius 2 is 1.77 bits per heavy atom. The molecule has 0 aliphatic heterocycles. The molecule has 0 fully saturated rings. The highest BCUT2D eigenvalue weighted by Crippen LogP contribution is 2.43. The monoisotopic (exact) mass is 368 g/mol. The predicted molar refractivity (Wildman–Crippen MR) is 92.5 cm³/mol. The van der Waals surface area contributed by atoms with Gasteiger partial charge in [0.15, 0.2) is 11.5 Å². The largest absolute Gasteiger partial charge is 0.493 e. The highest BCUT2D eigenvalue weighted by atomic mass is 79.9. The summed E-state index contributed by atoms with van der Waals surface area (Å²) in [6, 6.07) is 4.05. The molecule has 1 aliphatic rings. The fraction of sp³-hybridized carbons (Fsp3) is 0.611. The van der Waals surface area contributed by atoms with E-state index < -0.39 is 0 Å². The van der Waals surface area contributed by atoms with E-state index in [9.17, 15) is 4.79 Å². The summed E-state index contributed by atoms with van der Waals surface area (Å²) in [5.41, 5.74) is 1.96. The first-order chi connectivity index (χ1) is 10.6. The summed E-state index contributed by atoms with van der Waals surface area (Å²) in [7, 11) is 3.29. The van der Waals surface area contributed by atoms with E-state index in [1.807, 2.05) is 12.1 Å². The van der Waals surface area contributed by atoms with E-state index in [2.05, 4.69) is 22.9 Å². The Balaban J connectivity index is 2.34. The number of carbonyl (C=O) groups excluding carboxylic acids is 1. The summed E-state index contributed by atoms with van der Waals surface area (Å²) >= 11 is 3.46. The fourth-order valence-corrected chi connectivity index (χ4v) is 3.74. The first kappa shape index (κ1) is 17.3. The zero-order valence-corrected chi connectivity index (χ0v) is 15.3. The van der Waals surface area contributed by atoms with Crippen molar-refractivity contribution >= 4 is 21.7 Å². The van der Waals surface area contributed by atoms with Crippen LogP contribution in [0.15, 0.2) is 12.1 Å². The van der Waals surface area contributed by atoms with Gasteiger partial charge in [0.2, 0.25) is 0 Å². The zero-order chi connectivity index (χ0) is 16.2. The number of Topliss-reactive ketones (excluding diaryl/α,β-unsaturated/α-hetero) is 1. The van der Waals surface area contributed by atoms with Gasteiger partial charge in [-0.25, -0.2) is 0 Å². The van der Waals surface area contributed by atoms with Crippen molar-refractivity contribution in [3.8, 4) is 11.5 Å². The Bertz CT molecular complexity index is 541. The van der Waals surface area contributed by atoms with Gasteiger partial charge in [-0.05, 0) is 49.4 Å². The van der Waals surface area contributed by atoms with Crippen LogP contribution in [-0.4, -0.2) is 25.3 Å². The second-order valence-corrected chi connectivity index (χ2v) is 6.91. The number of hydrogen-bond donors (Lipinski definition) is 0. The van der Waals surface area contributed by atoms with Crippen LogP contribution in [0.2, 0.25) is 0 Å². The summed E-state index contributed by atoms with van der Waals surface area (Å²) in [4.78, 5) is 12.6. The number of rotatable bonds is 7. The van der Waals surface area contributed by atoms with Crippen LogP contribution in [-0.2, 0) is 16.6 Å². The Labute approximate surface area is 141 Å². The summed E-state index contributed by atoms with van der Waals surface area (Å²) < 4.78 is 10.8. The summed E-state index contributed by atoms with van der Waals surface area (Å²) in [5.74, 6) is 1.81. The average molecular weight is 369 g/mol. The van der Waals surface area contributed by atoms with Gasteiger partial charge in [0.25, 0.3) is 0 Å². The second kappa shape index (κ2) is 7.49. The fourth-order valence-electron chi connectivity index (χ4n) is 3.34. The molecule has 1 aromatic carbocycles. The molecule has 3 nitrogen and oxygen atoms in total. The third-order valence-corrected chi connectivity index (χ3v) is 5.31. The first-order valence-electron chi connectivity index (χ1n) is 7.91. The number of alkyl halides is 1. The van der Waals surface area contributed by atoms with Gasteiger partial charge in [-0.3, -0.25) is 4.79 Å². The van der Waals surface area contributed by atoms with Crippen LogP contribution in [0.3, 0.4) is 0 Å². The van der Waals surface area contributed by atoms with Crippen LogP contribution in [0.4, 0.5) is 0 Å². The van der Waals surface area contributed by atoms with Gasteiger partial charge in [0.05, 0.1) is 19.6 Å². The lowest BCUT2D eigenvalue weighted by molar-refractivity contribution is -0.125. The quantitative estimate of drug-likeness (QED) is 0.527. The highest BCUT2D eigenvalue weighted by Gasteiger charge is 2.39. The number of unbranched alkanes of at least 4 members (excludes halogenated alkanes) is 2. The van der Waals surface area contributed by atoms with E-state index in [4.69, 9.17) is 9.47 Å². The number of halogens is 1. The van der Waals surface area contributed by atoms with Crippen molar-refractivity contribution in [3.05, 3.63) is 23.3 Å². The molecule has 22 heavy (non-hydrogen) atoms. The predicted octanol–water partition coefficient (Wildman–Crippen LogP) is 4.43. The Morgan fingerprint density at radius 3 is 2.41 bits per heavy atom. The summed E-state index contributed by atoms with van der Waals surface area (Å²) in [5, 5.41) is 1.03. The van der Waals surface area contributed by atoms with Gasteiger partial charge in [-0.1, -0.05) is 28.8 Å². The molecule has 1 aromatic rings. The maximum absolute atomic E-state index is 12.6. The summed E-state index contributed by atoms with van der Waals surface area (Å²) in [6.45, 7) is 2.09. The van der Waals surface area contributed by atoms with Crippen LogP contribution < -0.4 is 9.47 Å². The molecule has 0 radical (unpaired) electrons. The molecule has 0 amide bonds. The van der Waals surface area contributed by atoms with Gasteiger partial charge < -0.3 is 9.47 Å². The normalized spacial score (nSPS) is 20.6. The van der Waals surface area contributed by atoms with Crippen LogP contribution in [0, 0.1) is 0 Å². The molecule has 0 bridgehead atoms. The lowest BCUT2D eigenvalue weighted by Crippen LogP contribution is -2.37. The third kappa shape index (κ3) is 3.32. The van der Waals surface area contributed by atoms with Crippen LogP contribution in [0.25, 0.3) is 0 Å². The van der Waals surface area contributed by atoms with Gasteiger partial charge in [-0.15, -0.1) is 0 Å². The van der Waals surface area contributed by atoms with Gasteiger partial charge in [-0.2, -0.15) is 0 Å². The minimum Gasteiger partial charge on any atom is -0.493 e. The van der Waals surface area contributed by atoms with E-state index in [0.29, 0.717) is 18.0 Å². The molecule has 0 heterocycles. The molecule has 0 saturated heterocycles. The van der Waals surface area contributed by atoms with Gasteiger partial charge in [0.1, 0.15) is 5.78 Å². The molecule has 1 aliphatic carbocycles. The molecule has 1 unspecified atom stereocenters. The molecule has 1 atom stereocenters. The number of ketones is 1. The molecule has 122 valence electrons. The van der Waals surface area contributed by atoms with Crippen LogP contribution >= 0.6 is 15.9 Å². The number of methoxy groups -OCH3 is 2. The minimum atomic E-state index is -0.389. The van der Waals surface area contributed by atoms with Crippen LogP contribution in [0.5, 0.6) is 11.5 Å². The van der Waals surface area contributed by atoms with Crippen molar-refractivity contribution < 1.29 is 14.3 Å². The van der Waals surface area contributed by atoms with E-state index >= 15 is 0 Å². The molecular weight excluding hydrogens is 344 g/mol. The number of carbonyl (C=O) groups is 1. The van der Waals surface area contributed by atoms with Gasteiger partial charge in [0, 0.05) is 11.8 Å². The van der Waals surface area contributed by atoms with E-state index in [-0.39, 0.29) is 5.41 Å². The summed E-state index contributed by atoms with van der Waals surface area (Å²) in [6.07, 6.45) is 5.70. The molecule has 4 heteroatoms. The van der Waals surface area contributed by atoms with Crippen molar-refractivity contribution in [1.29, 1.82) is 0 Å². The van der Waals surface area contributed by atoms with E-state index in [1.54, 1.807) is 14.2 Å².